The molecule has 0 aliphatic heterocycles. The normalized spacial score (nSPS) is 27.8. The van der Waals surface area contributed by atoms with Gasteiger partial charge < -0.3 is 5.73 Å². The highest BCUT2D eigenvalue weighted by Gasteiger charge is 2.38. The fraction of sp³-hybridized carbons (Fsp3) is 0.357. The van der Waals surface area contributed by atoms with Gasteiger partial charge in [-0.25, -0.2) is 4.98 Å². The van der Waals surface area contributed by atoms with Crippen molar-refractivity contribution in [3.8, 4) is 0 Å². The summed E-state index contributed by atoms with van der Waals surface area (Å²) in [7, 11) is 0. The molecule has 0 saturated heterocycles. The first-order chi connectivity index (χ1) is 8.22. The zero-order chi connectivity index (χ0) is 11.9. The predicted molar refractivity (Wildman–Crippen MR) is 71.2 cm³/mol. The van der Waals surface area contributed by atoms with Crippen LogP contribution in [-0.2, 0) is 5.54 Å². The summed E-state index contributed by atoms with van der Waals surface area (Å²) in [6, 6.07) is 8.54. The van der Waals surface area contributed by atoms with Gasteiger partial charge in [0.1, 0.15) is 5.01 Å². The highest BCUT2D eigenvalue weighted by molar-refractivity contribution is 7.09. The molecular weight excluding hydrogens is 228 g/mol. The molecule has 1 aromatic heterocycles. The number of nitrogens with zero attached hydrogens (tertiary/aromatic N) is 1. The quantitative estimate of drug-likeness (QED) is 0.836. The molecule has 1 aliphatic carbocycles. The van der Waals surface area contributed by atoms with Crippen molar-refractivity contribution in [1.82, 2.24) is 4.98 Å². The number of hydrogen-bond donors (Lipinski definition) is 1. The predicted octanol–water partition coefficient (Wildman–Crippen LogP) is 3.24. The van der Waals surface area contributed by atoms with Gasteiger partial charge in [-0.3, -0.25) is 0 Å². The van der Waals surface area contributed by atoms with Gasteiger partial charge in [-0.2, -0.15) is 0 Å². The molecule has 0 fully saturated rings. The van der Waals surface area contributed by atoms with E-state index in [1.165, 1.54) is 11.1 Å². The van der Waals surface area contributed by atoms with Gasteiger partial charge in [-0.15, -0.1) is 11.3 Å². The highest BCUT2D eigenvalue weighted by atomic mass is 32.1. The second-order valence-electron chi connectivity index (χ2n) is 4.84. The minimum atomic E-state index is -0.378. The van der Waals surface area contributed by atoms with Crippen LogP contribution in [0.25, 0.3) is 0 Å². The molecular formula is C14H16N2S. The first-order valence-electron chi connectivity index (χ1n) is 6.00. The Morgan fingerprint density at radius 3 is 3.00 bits per heavy atom. The summed E-state index contributed by atoms with van der Waals surface area (Å²) in [6.45, 7) is 2.28. The number of hydrogen-bond acceptors (Lipinski definition) is 3. The van der Waals surface area contributed by atoms with Gasteiger partial charge >= 0.3 is 0 Å². The number of benzene rings is 1. The Bertz CT molecular complexity index is 521. The lowest BCUT2D eigenvalue weighted by molar-refractivity contribution is 0.410. The molecule has 2 nitrogen and oxygen atoms in total. The molecule has 17 heavy (non-hydrogen) atoms. The lowest BCUT2D eigenvalue weighted by atomic mass is 9.73. The van der Waals surface area contributed by atoms with E-state index in [0.717, 1.165) is 17.8 Å². The molecule has 88 valence electrons. The van der Waals surface area contributed by atoms with Gasteiger partial charge in [0.05, 0.1) is 5.54 Å². The Hall–Kier alpha value is -1.19. The zero-order valence-corrected chi connectivity index (χ0v) is 10.7. The van der Waals surface area contributed by atoms with Gasteiger partial charge in [0.2, 0.25) is 0 Å². The summed E-state index contributed by atoms with van der Waals surface area (Å²) < 4.78 is 0. The summed E-state index contributed by atoms with van der Waals surface area (Å²) in [5.74, 6) is 0.600. The van der Waals surface area contributed by atoms with Gasteiger partial charge in [0, 0.05) is 11.6 Å². The minimum Gasteiger partial charge on any atom is -0.316 e. The molecule has 0 saturated carbocycles. The van der Waals surface area contributed by atoms with Gasteiger partial charge in [-0.1, -0.05) is 31.2 Å². The van der Waals surface area contributed by atoms with Crippen LogP contribution in [0.1, 0.15) is 41.8 Å². The van der Waals surface area contributed by atoms with E-state index in [1.807, 2.05) is 11.6 Å². The first kappa shape index (κ1) is 10.9. The summed E-state index contributed by atoms with van der Waals surface area (Å²) in [5.41, 5.74) is 8.91. The Kier molecular flexibility index (Phi) is 2.53. The van der Waals surface area contributed by atoms with Crippen LogP contribution in [0.15, 0.2) is 35.8 Å². The zero-order valence-electron chi connectivity index (χ0n) is 9.89. The van der Waals surface area contributed by atoms with Crippen molar-refractivity contribution in [2.75, 3.05) is 0 Å². The molecule has 1 aliphatic rings. The first-order valence-corrected chi connectivity index (χ1v) is 6.88. The standard InChI is InChI=1S/C14H16N2S/c1-10-6-7-14(15,13-16-8-9-17-13)12-5-3-2-4-11(10)12/h2-5,8-10H,6-7,15H2,1H3. The summed E-state index contributed by atoms with van der Waals surface area (Å²) in [5, 5.41) is 3.04. The van der Waals surface area contributed by atoms with Crippen LogP contribution in [0.2, 0.25) is 0 Å². The van der Waals surface area contributed by atoms with Gasteiger partial charge in [0.25, 0.3) is 0 Å². The van der Waals surface area contributed by atoms with E-state index in [9.17, 15) is 0 Å². The molecule has 2 unspecified atom stereocenters. The molecule has 1 aromatic carbocycles. The molecule has 0 spiro atoms. The van der Waals surface area contributed by atoms with Gasteiger partial charge in [-0.05, 0) is 29.9 Å². The Labute approximate surface area is 106 Å². The van der Waals surface area contributed by atoms with Crippen molar-refractivity contribution in [2.45, 2.75) is 31.2 Å². The van der Waals surface area contributed by atoms with Crippen LogP contribution in [-0.4, -0.2) is 4.98 Å². The maximum absolute atomic E-state index is 6.65. The summed E-state index contributed by atoms with van der Waals surface area (Å²) in [4.78, 5) is 4.43. The number of aromatic nitrogens is 1. The SMILES string of the molecule is CC1CCC(N)(c2nccs2)c2ccccc21. The van der Waals surface area contributed by atoms with Crippen molar-refractivity contribution >= 4 is 11.3 Å². The van der Waals surface area contributed by atoms with Crippen molar-refractivity contribution in [3.05, 3.63) is 52.0 Å². The molecule has 0 radical (unpaired) electrons. The van der Waals surface area contributed by atoms with Crippen molar-refractivity contribution in [1.29, 1.82) is 0 Å². The largest absolute Gasteiger partial charge is 0.316 e. The lowest BCUT2D eigenvalue weighted by Crippen LogP contribution is -2.41. The molecule has 0 bridgehead atoms. The third kappa shape index (κ3) is 1.61. The maximum Gasteiger partial charge on any atom is 0.117 e. The van der Waals surface area contributed by atoms with Crippen LogP contribution in [0, 0.1) is 0 Å². The van der Waals surface area contributed by atoms with Crippen LogP contribution in [0.4, 0.5) is 0 Å². The van der Waals surface area contributed by atoms with Crippen molar-refractivity contribution in [2.24, 2.45) is 5.73 Å². The van der Waals surface area contributed by atoms with E-state index < -0.39 is 0 Å². The second kappa shape index (κ2) is 3.93. The highest BCUT2D eigenvalue weighted by Crippen LogP contribution is 2.43. The smallest absolute Gasteiger partial charge is 0.117 e. The molecule has 1 heterocycles. The Morgan fingerprint density at radius 2 is 2.24 bits per heavy atom. The topological polar surface area (TPSA) is 38.9 Å². The van der Waals surface area contributed by atoms with Crippen molar-refractivity contribution in [3.63, 3.8) is 0 Å². The van der Waals surface area contributed by atoms with Crippen LogP contribution < -0.4 is 5.73 Å². The number of fused-ring (bicyclic) bond motifs is 1. The number of rotatable bonds is 1. The van der Waals surface area contributed by atoms with E-state index in [0.29, 0.717) is 5.92 Å². The maximum atomic E-state index is 6.65. The Morgan fingerprint density at radius 1 is 1.41 bits per heavy atom. The molecule has 2 aromatic rings. The van der Waals surface area contributed by atoms with Crippen LogP contribution >= 0.6 is 11.3 Å². The van der Waals surface area contributed by atoms with E-state index in [-0.39, 0.29) is 5.54 Å². The fourth-order valence-corrected chi connectivity index (χ4v) is 3.53. The summed E-state index contributed by atoms with van der Waals surface area (Å²) in [6.07, 6.45) is 3.96. The van der Waals surface area contributed by atoms with Crippen LogP contribution in [0.3, 0.4) is 0 Å². The number of nitrogens with two attached hydrogens (primary N) is 1. The molecule has 2 N–H and O–H groups in total. The van der Waals surface area contributed by atoms with E-state index in [4.69, 9.17) is 5.73 Å². The second-order valence-corrected chi connectivity index (χ2v) is 5.73. The van der Waals surface area contributed by atoms with Gasteiger partial charge in [0.15, 0.2) is 0 Å². The third-order valence-corrected chi connectivity index (χ3v) is 4.71. The minimum absolute atomic E-state index is 0.378. The Balaban J connectivity index is 2.18. The van der Waals surface area contributed by atoms with Crippen LogP contribution in [0.5, 0.6) is 0 Å². The summed E-state index contributed by atoms with van der Waals surface area (Å²) >= 11 is 1.66. The average molecular weight is 244 g/mol. The molecule has 0 amide bonds. The van der Waals surface area contributed by atoms with E-state index in [2.05, 4.69) is 36.2 Å². The fourth-order valence-electron chi connectivity index (χ4n) is 2.73. The molecule has 3 heteroatoms. The average Bonchev–Trinajstić information content (AvgIpc) is 2.89. The molecule has 3 rings (SSSR count). The van der Waals surface area contributed by atoms with Crippen molar-refractivity contribution < 1.29 is 0 Å². The third-order valence-electron chi connectivity index (χ3n) is 3.76. The monoisotopic (exact) mass is 244 g/mol. The van der Waals surface area contributed by atoms with E-state index >= 15 is 0 Å². The number of thiazole rings is 1. The van der Waals surface area contributed by atoms with E-state index in [1.54, 1.807) is 11.3 Å². The lowest BCUT2D eigenvalue weighted by Gasteiger charge is -2.37. The molecule has 2 atom stereocenters.